The van der Waals surface area contributed by atoms with Gasteiger partial charge in [0.2, 0.25) is 0 Å². The molecule has 1 aromatic carbocycles. The Kier molecular flexibility index (Phi) is 4.65. The van der Waals surface area contributed by atoms with Gasteiger partial charge in [-0.3, -0.25) is 9.69 Å². The summed E-state index contributed by atoms with van der Waals surface area (Å²) in [6, 6.07) is 6.14. The summed E-state index contributed by atoms with van der Waals surface area (Å²) in [6.07, 6.45) is 1.05. The molecular formula is C16H25N3O. The summed E-state index contributed by atoms with van der Waals surface area (Å²) >= 11 is 0. The number of aryl methyl sites for hydroxylation is 1. The highest BCUT2D eigenvalue weighted by molar-refractivity contribution is 5.99. The molecule has 1 aliphatic heterocycles. The number of nitrogen functional groups attached to an aromatic ring is 1. The van der Waals surface area contributed by atoms with Gasteiger partial charge in [0.25, 0.3) is 5.91 Å². The molecule has 1 saturated heterocycles. The van der Waals surface area contributed by atoms with Crippen LogP contribution in [0.1, 0.15) is 36.2 Å². The molecule has 0 aliphatic carbocycles. The quantitative estimate of drug-likeness (QED) is 0.856. The standard InChI is InChI=1S/C16H25N3O/c1-4-18(5-2)13-8-9-19(11-13)16(20)14-10-12(3)6-7-15(14)17/h6-7,10,13H,4-5,8-9,11,17H2,1-3H3. The molecule has 110 valence electrons. The lowest BCUT2D eigenvalue weighted by molar-refractivity contribution is 0.0779. The monoisotopic (exact) mass is 275 g/mol. The number of likely N-dealkylation sites (tertiary alicyclic amines) is 1. The number of amides is 1. The number of rotatable bonds is 4. The first-order chi connectivity index (χ1) is 9.56. The molecule has 0 bridgehead atoms. The third-order valence-corrected chi connectivity index (χ3v) is 4.22. The Bertz CT molecular complexity index is 483. The minimum Gasteiger partial charge on any atom is -0.398 e. The molecular weight excluding hydrogens is 250 g/mol. The van der Waals surface area contributed by atoms with Gasteiger partial charge >= 0.3 is 0 Å². The zero-order valence-corrected chi connectivity index (χ0v) is 12.7. The largest absolute Gasteiger partial charge is 0.398 e. The summed E-state index contributed by atoms with van der Waals surface area (Å²) in [5.74, 6) is 0.0702. The van der Waals surface area contributed by atoms with Crippen molar-refractivity contribution in [3.63, 3.8) is 0 Å². The Balaban J connectivity index is 2.10. The molecule has 2 rings (SSSR count). The number of hydrogen-bond acceptors (Lipinski definition) is 3. The van der Waals surface area contributed by atoms with Gasteiger partial charge in [0.05, 0.1) is 5.56 Å². The molecule has 1 amide bonds. The van der Waals surface area contributed by atoms with Gasteiger partial charge in [-0.1, -0.05) is 25.5 Å². The number of likely N-dealkylation sites (N-methyl/N-ethyl adjacent to an activating group) is 1. The van der Waals surface area contributed by atoms with Crippen molar-refractivity contribution < 1.29 is 4.79 Å². The van der Waals surface area contributed by atoms with Crippen LogP contribution in [0, 0.1) is 6.92 Å². The van der Waals surface area contributed by atoms with Gasteiger partial charge in [-0.25, -0.2) is 0 Å². The molecule has 1 fully saturated rings. The van der Waals surface area contributed by atoms with E-state index < -0.39 is 0 Å². The van der Waals surface area contributed by atoms with Gasteiger partial charge < -0.3 is 10.6 Å². The topological polar surface area (TPSA) is 49.6 Å². The second-order valence-corrected chi connectivity index (χ2v) is 5.51. The van der Waals surface area contributed by atoms with Crippen molar-refractivity contribution >= 4 is 11.6 Å². The number of hydrogen-bond donors (Lipinski definition) is 1. The zero-order valence-electron chi connectivity index (χ0n) is 12.7. The highest BCUT2D eigenvalue weighted by atomic mass is 16.2. The van der Waals surface area contributed by atoms with E-state index in [9.17, 15) is 4.79 Å². The smallest absolute Gasteiger partial charge is 0.256 e. The summed E-state index contributed by atoms with van der Waals surface area (Å²) in [4.78, 5) is 17.0. The average Bonchev–Trinajstić information content (AvgIpc) is 2.92. The summed E-state index contributed by atoms with van der Waals surface area (Å²) in [7, 11) is 0. The molecule has 0 radical (unpaired) electrons. The third-order valence-electron chi connectivity index (χ3n) is 4.22. The van der Waals surface area contributed by atoms with E-state index in [4.69, 9.17) is 5.73 Å². The second-order valence-electron chi connectivity index (χ2n) is 5.51. The van der Waals surface area contributed by atoms with Crippen LogP contribution in [0.2, 0.25) is 0 Å². The Hall–Kier alpha value is -1.55. The number of carbonyl (C=O) groups is 1. The molecule has 1 aromatic rings. The van der Waals surface area contributed by atoms with Gasteiger partial charge in [0, 0.05) is 24.8 Å². The Morgan fingerprint density at radius 3 is 2.75 bits per heavy atom. The van der Waals surface area contributed by atoms with E-state index in [1.165, 1.54) is 0 Å². The Labute approximate surface area is 121 Å². The number of nitrogens with two attached hydrogens (primary N) is 1. The first-order valence-electron chi connectivity index (χ1n) is 7.46. The van der Waals surface area contributed by atoms with Crippen LogP contribution in [0.15, 0.2) is 18.2 Å². The van der Waals surface area contributed by atoms with Crippen LogP contribution < -0.4 is 5.73 Å². The van der Waals surface area contributed by atoms with Crippen LogP contribution >= 0.6 is 0 Å². The highest BCUT2D eigenvalue weighted by Crippen LogP contribution is 2.21. The fourth-order valence-corrected chi connectivity index (χ4v) is 2.99. The van der Waals surface area contributed by atoms with Gasteiger partial charge in [-0.15, -0.1) is 0 Å². The lowest BCUT2D eigenvalue weighted by atomic mass is 10.1. The van der Waals surface area contributed by atoms with Crippen LogP contribution in [0.3, 0.4) is 0 Å². The van der Waals surface area contributed by atoms with E-state index in [2.05, 4.69) is 18.7 Å². The molecule has 0 aromatic heterocycles. The first kappa shape index (κ1) is 14.9. The molecule has 0 saturated carbocycles. The van der Waals surface area contributed by atoms with Gasteiger partial charge in [0.1, 0.15) is 0 Å². The molecule has 2 N–H and O–H groups in total. The van der Waals surface area contributed by atoms with Gasteiger partial charge in [-0.2, -0.15) is 0 Å². The average molecular weight is 275 g/mol. The summed E-state index contributed by atoms with van der Waals surface area (Å²) in [5.41, 5.74) is 8.24. The van der Waals surface area contributed by atoms with Crippen molar-refractivity contribution in [2.45, 2.75) is 33.2 Å². The van der Waals surface area contributed by atoms with Crippen LogP contribution in [0.4, 0.5) is 5.69 Å². The van der Waals surface area contributed by atoms with Gasteiger partial charge in [0.15, 0.2) is 0 Å². The van der Waals surface area contributed by atoms with Crippen molar-refractivity contribution in [3.8, 4) is 0 Å². The maximum absolute atomic E-state index is 12.6. The maximum atomic E-state index is 12.6. The summed E-state index contributed by atoms with van der Waals surface area (Å²) < 4.78 is 0. The van der Waals surface area contributed by atoms with Crippen molar-refractivity contribution in [1.82, 2.24) is 9.80 Å². The van der Waals surface area contributed by atoms with Crippen molar-refractivity contribution in [3.05, 3.63) is 29.3 Å². The molecule has 1 heterocycles. The summed E-state index contributed by atoms with van der Waals surface area (Å²) in [5, 5.41) is 0. The van der Waals surface area contributed by atoms with Gasteiger partial charge in [-0.05, 0) is 38.6 Å². The van der Waals surface area contributed by atoms with Crippen LogP contribution in [0.5, 0.6) is 0 Å². The van der Waals surface area contributed by atoms with E-state index in [1.807, 2.05) is 30.0 Å². The fraction of sp³-hybridized carbons (Fsp3) is 0.562. The van der Waals surface area contributed by atoms with Crippen molar-refractivity contribution in [2.24, 2.45) is 0 Å². The Morgan fingerprint density at radius 2 is 2.10 bits per heavy atom. The number of nitrogens with zero attached hydrogens (tertiary/aromatic N) is 2. The minimum atomic E-state index is 0.0702. The molecule has 20 heavy (non-hydrogen) atoms. The predicted molar refractivity (Wildman–Crippen MR) is 82.8 cm³/mol. The highest BCUT2D eigenvalue weighted by Gasteiger charge is 2.30. The van der Waals surface area contributed by atoms with Crippen molar-refractivity contribution in [2.75, 3.05) is 31.9 Å². The van der Waals surface area contributed by atoms with Crippen LogP contribution in [0.25, 0.3) is 0 Å². The van der Waals surface area contributed by atoms with E-state index >= 15 is 0 Å². The number of benzene rings is 1. The molecule has 1 unspecified atom stereocenters. The maximum Gasteiger partial charge on any atom is 0.256 e. The zero-order chi connectivity index (χ0) is 14.7. The van der Waals surface area contributed by atoms with E-state index in [-0.39, 0.29) is 5.91 Å². The van der Waals surface area contributed by atoms with Crippen LogP contribution in [-0.2, 0) is 0 Å². The predicted octanol–water partition coefficient (Wildman–Crippen LogP) is 2.13. The Morgan fingerprint density at radius 1 is 1.40 bits per heavy atom. The minimum absolute atomic E-state index is 0.0702. The van der Waals surface area contributed by atoms with Crippen molar-refractivity contribution in [1.29, 1.82) is 0 Å². The fourth-order valence-electron chi connectivity index (χ4n) is 2.99. The molecule has 0 spiro atoms. The normalized spacial score (nSPS) is 18.8. The summed E-state index contributed by atoms with van der Waals surface area (Å²) in [6.45, 7) is 10.0. The third kappa shape index (κ3) is 2.96. The lowest BCUT2D eigenvalue weighted by Crippen LogP contribution is -2.38. The SMILES string of the molecule is CCN(CC)C1CCN(C(=O)c2cc(C)ccc2N)C1. The lowest BCUT2D eigenvalue weighted by Gasteiger charge is -2.26. The molecule has 4 nitrogen and oxygen atoms in total. The number of anilines is 1. The number of carbonyl (C=O) groups excluding carboxylic acids is 1. The van der Waals surface area contributed by atoms with E-state index in [1.54, 1.807) is 0 Å². The van der Waals surface area contributed by atoms with E-state index in [0.29, 0.717) is 17.3 Å². The molecule has 1 aliphatic rings. The second kappa shape index (κ2) is 6.27. The molecule has 4 heteroatoms. The van der Waals surface area contributed by atoms with E-state index in [0.717, 1.165) is 38.2 Å². The molecule has 1 atom stereocenters. The first-order valence-corrected chi connectivity index (χ1v) is 7.46. The van der Waals surface area contributed by atoms with Crippen LogP contribution in [-0.4, -0.2) is 47.9 Å².